The van der Waals surface area contributed by atoms with E-state index in [1.165, 1.54) is 0 Å². The van der Waals surface area contributed by atoms with Crippen LogP contribution in [0.1, 0.15) is 5.69 Å². The Kier molecular flexibility index (Phi) is 2.03. The highest BCUT2D eigenvalue weighted by atomic mass is 79.9. The molecule has 0 atom stereocenters. The van der Waals surface area contributed by atoms with Crippen LogP contribution in [0.4, 0.5) is 5.82 Å². The molecule has 50 valence electrons. The van der Waals surface area contributed by atoms with Crippen LogP contribution in [0.2, 0.25) is 0 Å². The van der Waals surface area contributed by atoms with E-state index >= 15 is 0 Å². The Morgan fingerprint density at radius 3 is 2.80 bits per heavy atom. The fraction of sp³-hybridized carbons (Fsp3) is 0.143. The summed E-state index contributed by atoms with van der Waals surface area (Å²) in [7, 11) is 0. The zero-order chi connectivity index (χ0) is 7.56. The molecule has 1 aromatic rings. The number of aryl methyl sites for hydroxylation is 1. The lowest BCUT2D eigenvalue weighted by atomic mass is 10.4. The van der Waals surface area contributed by atoms with Crippen molar-refractivity contribution in [3.05, 3.63) is 33.7 Å². The van der Waals surface area contributed by atoms with Crippen LogP contribution in [0, 0.1) is 13.5 Å². The minimum atomic E-state index is 0.445. The van der Waals surface area contributed by atoms with Gasteiger partial charge in [0.1, 0.15) is 5.69 Å². The highest BCUT2D eigenvalue weighted by Crippen LogP contribution is 2.17. The summed E-state index contributed by atoms with van der Waals surface area (Å²) in [5.41, 5.74) is 0.855. The average Bonchev–Trinajstić information content (AvgIpc) is 1.95. The Labute approximate surface area is 67.9 Å². The Bertz CT molecular complexity index is 288. The van der Waals surface area contributed by atoms with Crippen LogP contribution in [0.25, 0.3) is 4.85 Å². The summed E-state index contributed by atoms with van der Waals surface area (Å²) in [5.74, 6) is 0.445. The van der Waals surface area contributed by atoms with Crippen LogP contribution >= 0.6 is 15.9 Å². The zero-order valence-corrected chi connectivity index (χ0v) is 7.01. The van der Waals surface area contributed by atoms with Gasteiger partial charge in [-0.1, -0.05) is 12.6 Å². The number of nitrogens with zero attached hydrogens (tertiary/aromatic N) is 2. The van der Waals surface area contributed by atoms with Crippen molar-refractivity contribution in [3.63, 3.8) is 0 Å². The topological polar surface area (TPSA) is 17.2 Å². The molecule has 0 aromatic carbocycles. The minimum absolute atomic E-state index is 0.445. The van der Waals surface area contributed by atoms with Gasteiger partial charge in [-0.05, 0) is 22.0 Å². The zero-order valence-electron chi connectivity index (χ0n) is 5.43. The van der Waals surface area contributed by atoms with Crippen molar-refractivity contribution in [2.24, 2.45) is 0 Å². The van der Waals surface area contributed by atoms with Crippen molar-refractivity contribution in [1.82, 2.24) is 4.98 Å². The third-order valence-electron chi connectivity index (χ3n) is 1.12. The molecular formula is C7H5BrN2. The second-order valence-corrected chi connectivity index (χ2v) is 2.70. The molecule has 0 unspecified atom stereocenters. The molecule has 0 spiro atoms. The number of hydrogen-bond donors (Lipinski definition) is 0. The lowest BCUT2D eigenvalue weighted by Gasteiger charge is -1.91. The summed E-state index contributed by atoms with van der Waals surface area (Å²) < 4.78 is 0.944. The van der Waals surface area contributed by atoms with E-state index in [0.717, 1.165) is 10.2 Å². The van der Waals surface area contributed by atoms with E-state index in [4.69, 9.17) is 6.57 Å². The van der Waals surface area contributed by atoms with E-state index in [1.807, 2.05) is 13.0 Å². The van der Waals surface area contributed by atoms with Crippen LogP contribution in [-0.2, 0) is 0 Å². The third-order valence-corrected chi connectivity index (χ3v) is 1.96. The molecule has 0 radical (unpaired) electrons. The molecule has 0 aliphatic heterocycles. The van der Waals surface area contributed by atoms with Crippen LogP contribution in [0.5, 0.6) is 0 Å². The van der Waals surface area contributed by atoms with Gasteiger partial charge in [-0.3, -0.25) is 0 Å². The predicted octanol–water partition coefficient (Wildman–Crippen LogP) is 2.70. The van der Waals surface area contributed by atoms with Gasteiger partial charge in [-0.2, -0.15) is 0 Å². The van der Waals surface area contributed by atoms with Crippen molar-refractivity contribution >= 4 is 21.7 Å². The first-order chi connectivity index (χ1) is 4.74. The third kappa shape index (κ3) is 1.34. The lowest BCUT2D eigenvalue weighted by molar-refractivity contribution is 1.20. The minimum Gasteiger partial charge on any atom is -0.361 e. The summed E-state index contributed by atoms with van der Waals surface area (Å²) >= 11 is 3.29. The number of hydrogen-bond acceptors (Lipinski definition) is 1. The van der Waals surface area contributed by atoms with E-state index in [-0.39, 0.29) is 0 Å². The van der Waals surface area contributed by atoms with E-state index in [0.29, 0.717) is 5.82 Å². The molecule has 0 N–H and O–H groups in total. The first kappa shape index (κ1) is 7.23. The fourth-order valence-corrected chi connectivity index (χ4v) is 0.814. The van der Waals surface area contributed by atoms with Gasteiger partial charge in [-0.25, -0.2) is 0 Å². The Morgan fingerprint density at radius 2 is 2.30 bits per heavy atom. The molecule has 0 aliphatic carbocycles. The maximum absolute atomic E-state index is 6.66. The van der Waals surface area contributed by atoms with Gasteiger partial charge in [0.15, 0.2) is 0 Å². The Morgan fingerprint density at radius 1 is 1.60 bits per heavy atom. The standard InChI is InChI=1S/C7H5BrN2/c1-5-6(8)3-4-7(9-2)10-5/h3-4H,1H3. The Hall–Kier alpha value is -0.880. The smallest absolute Gasteiger partial charge is 0.269 e. The molecule has 2 nitrogen and oxygen atoms in total. The monoisotopic (exact) mass is 196 g/mol. The molecular weight excluding hydrogens is 192 g/mol. The van der Waals surface area contributed by atoms with Gasteiger partial charge < -0.3 is 4.85 Å². The molecule has 0 saturated heterocycles. The van der Waals surface area contributed by atoms with Crippen LogP contribution in [0.15, 0.2) is 16.6 Å². The number of halogens is 1. The molecule has 0 aliphatic rings. The van der Waals surface area contributed by atoms with E-state index in [9.17, 15) is 0 Å². The van der Waals surface area contributed by atoms with E-state index in [2.05, 4.69) is 25.8 Å². The summed E-state index contributed by atoms with van der Waals surface area (Å²) in [6.45, 7) is 8.52. The first-order valence-electron chi connectivity index (χ1n) is 2.74. The fourth-order valence-electron chi connectivity index (χ4n) is 0.593. The lowest BCUT2D eigenvalue weighted by Crippen LogP contribution is -1.79. The number of rotatable bonds is 0. The molecule has 1 rings (SSSR count). The summed E-state index contributed by atoms with van der Waals surface area (Å²) in [5, 5.41) is 0. The average molecular weight is 197 g/mol. The van der Waals surface area contributed by atoms with Crippen molar-refractivity contribution in [3.8, 4) is 0 Å². The van der Waals surface area contributed by atoms with Crippen molar-refractivity contribution in [1.29, 1.82) is 0 Å². The van der Waals surface area contributed by atoms with Gasteiger partial charge >= 0.3 is 0 Å². The molecule has 1 heterocycles. The maximum atomic E-state index is 6.66. The van der Waals surface area contributed by atoms with Gasteiger partial charge in [0.05, 0.1) is 4.47 Å². The molecule has 10 heavy (non-hydrogen) atoms. The molecule has 1 aromatic heterocycles. The molecule has 0 bridgehead atoms. The van der Waals surface area contributed by atoms with Gasteiger partial charge in [0.25, 0.3) is 5.82 Å². The molecule has 3 heteroatoms. The highest BCUT2D eigenvalue weighted by molar-refractivity contribution is 9.10. The normalized spacial score (nSPS) is 8.90. The summed E-state index contributed by atoms with van der Waals surface area (Å²) in [4.78, 5) is 7.18. The summed E-state index contributed by atoms with van der Waals surface area (Å²) in [6.07, 6.45) is 0. The second-order valence-electron chi connectivity index (χ2n) is 1.85. The van der Waals surface area contributed by atoms with Gasteiger partial charge in [0, 0.05) is 6.92 Å². The van der Waals surface area contributed by atoms with Crippen molar-refractivity contribution in [2.75, 3.05) is 0 Å². The van der Waals surface area contributed by atoms with Gasteiger partial charge in [-0.15, -0.1) is 4.98 Å². The summed E-state index contributed by atoms with van der Waals surface area (Å²) in [6, 6.07) is 3.51. The van der Waals surface area contributed by atoms with Crippen molar-refractivity contribution < 1.29 is 0 Å². The van der Waals surface area contributed by atoms with Crippen LogP contribution in [-0.4, -0.2) is 4.98 Å². The van der Waals surface area contributed by atoms with Gasteiger partial charge in [0.2, 0.25) is 0 Å². The molecule has 0 fully saturated rings. The largest absolute Gasteiger partial charge is 0.361 e. The molecule has 0 amide bonds. The quantitative estimate of drug-likeness (QED) is 0.584. The number of aromatic nitrogens is 1. The van der Waals surface area contributed by atoms with E-state index < -0.39 is 0 Å². The van der Waals surface area contributed by atoms with Crippen molar-refractivity contribution in [2.45, 2.75) is 6.92 Å². The first-order valence-corrected chi connectivity index (χ1v) is 3.54. The predicted molar refractivity (Wildman–Crippen MR) is 42.9 cm³/mol. The molecule has 0 saturated carbocycles. The Balaban J connectivity index is 3.20. The number of pyridine rings is 1. The highest BCUT2D eigenvalue weighted by Gasteiger charge is 1.99. The SMILES string of the molecule is [C-]#[N+]c1ccc(Br)c(C)n1. The van der Waals surface area contributed by atoms with Crippen LogP contribution < -0.4 is 0 Å². The van der Waals surface area contributed by atoms with Crippen LogP contribution in [0.3, 0.4) is 0 Å². The maximum Gasteiger partial charge on any atom is 0.269 e. The van der Waals surface area contributed by atoms with E-state index in [1.54, 1.807) is 6.07 Å². The second kappa shape index (κ2) is 2.80.